The van der Waals surface area contributed by atoms with E-state index in [1.165, 1.54) is 12.0 Å². The molecule has 0 unspecified atom stereocenters. The molecule has 0 radical (unpaired) electrons. The average molecular weight is 318 g/mol. The summed E-state index contributed by atoms with van der Waals surface area (Å²) in [6, 6.07) is 16.5. The van der Waals surface area contributed by atoms with Gasteiger partial charge in [-0.2, -0.15) is 0 Å². The third-order valence-corrected chi connectivity index (χ3v) is 4.88. The van der Waals surface area contributed by atoms with E-state index in [1.54, 1.807) is 0 Å². The van der Waals surface area contributed by atoms with Gasteiger partial charge in [-0.05, 0) is 43.9 Å². The third-order valence-electron chi connectivity index (χ3n) is 4.88. The van der Waals surface area contributed by atoms with E-state index in [0.29, 0.717) is 0 Å². The van der Waals surface area contributed by atoms with Gasteiger partial charge in [-0.1, -0.05) is 42.0 Å². The number of pyridine rings is 1. The molecule has 2 heterocycles. The lowest BCUT2D eigenvalue weighted by Gasteiger charge is -2.30. The Kier molecular flexibility index (Phi) is 3.85. The number of H-pyrrole nitrogens is 1. The van der Waals surface area contributed by atoms with Crippen LogP contribution in [-0.4, -0.2) is 18.1 Å². The van der Waals surface area contributed by atoms with E-state index in [9.17, 15) is 4.79 Å². The minimum atomic E-state index is 0.0205. The summed E-state index contributed by atoms with van der Waals surface area (Å²) in [5, 5.41) is 1.13. The van der Waals surface area contributed by atoms with Crippen LogP contribution >= 0.6 is 0 Å². The molecule has 1 saturated heterocycles. The Balaban J connectivity index is 2.06. The van der Waals surface area contributed by atoms with Gasteiger partial charge < -0.3 is 9.88 Å². The molecular formula is C21H22N2O. The Labute approximate surface area is 141 Å². The van der Waals surface area contributed by atoms with Crippen LogP contribution in [0.5, 0.6) is 0 Å². The van der Waals surface area contributed by atoms with Crippen molar-refractivity contribution >= 4 is 16.6 Å². The lowest BCUT2D eigenvalue weighted by atomic mass is 9.96. The van der Waals surface area contributed by atoms with E-state index in [0.717, 1.165) is 53.6 Å². The van der Waals surface area contributed by atoms with E-state index < -0.39 is 0 Å². The third kappa shape index (κ3) is 2.60. The van der Waals surface area contributed by atoms with Crippen molar-refractivity contribution in [1.29, 1.82) is 0 Å². The fraction of sp³-hybridized carbons (Fsp3) is 0.286. The molecule has 0 saturated carbocycles. The largest absolute Gasteiger partial charge is 0.367 e. The molecule has 0 atom stereocenters. The highest BCUT2D eigenvalue weighted by Gasteiger charge is 2.21. The number of piperidine rings is 1. The second-order valence-corrected chi connectivity index (χ2v) is 6.64. The van der Waals surface area contributed by atoms with Gasteiger partial charge in [0.05, 0.1) is 0 Å². The smallest absolute Gasteiger partial charge is 0.272 e. The Morgan fingerprint density at radius 2 is 1.71 bits per heavy atom. The first-order valence-electron chi connectivity index (χ1n) is 8.71. The number of nitrogens with zero attached hydrogens (tertiary/aromatic N) is 1. The van der Waals surface area contributed by atoms with E-state index in [1.807, 2.05) is 30.3 Å². The van der Waals surface area contributed by atoms with E-state index >= 15 is 0 Å². The van der Waals surface area contributed by atoms with Crippen LogP contribution in [0, 0.1) is 6.92 Å². The van der Waals surface area contributed by atoms with Crippen LogP contribution in [0.3, 0.4) is 0 Å². The number of fused-ring (bicyclic) bond motifs is 1. The number of hydrogen-bond acceptors (Lipinski definition) is 2. The Morgan fingerprint density at radius 1 is 0.958 bits per heavy atom. The van der Waals surface area contributed by atoms with E-state index in [-0.39, 0.29) is 5.56 Å². The van der Waals surface area contributed by atoms with Gasteiger partial charge in [0, 0.05) is 29.6 Å². The minimum absolute atomic E-state index is 0.0205. The summed E-state index contributed by atoms with van der Waals surface area (Å²) < 4.78 is 0. The fourth-order valence-electron chi connectivity index (χ4n) is 3.71. The number of aryl methyl sites for hydroxylation is 1. The maximum Gasteiger partial charge on any atom is 0.272 e. The molecule has 0 aliphatic carbocycles. The molecular weight excluding hydrogens is 296 g/mol. The summed E-state index contributed by atoms with van der Waals surface area (Å²) in [4.78, 5) is 18.3. The highest BCUT2D eigenvalue weighted by atomic mass is 16.1. The predicted octanol–water partition coefficient (Wildman–Crippen LogP) is 4.49. The van der Waals surface area contributed by atoms with Crippen molar-refractivity contribution in [1.82, 2.24) is 4.98 Å². The summed E-state index contributed by atoms with van der Waals surface area (Å²) in [7, 11) is 0. The molecule has 1 aliphatic rings. The first kappa shape index (κ1) is 15.0. The van der Waals surface area contributed by atoms with Gasteiger partial charge in [-0.3, -0.25) is 4.79 Å². The summed E-state index contributed by atoms with van der Waals surface area (Å²) in [5.41, 5.74) is 5.15. The molecule has 3 heteroatoms. The lowest BCUT2D eigenvalue weighted by molar-refractivity contribution is 0.577. The fourth-order valence-corrected chi connectivity index (χ4v) is 3.71. The summed E-state index contributed by atoms with van der Waals surface area (Å²) in [6.07, 6.45) is 3.56. The monoisotopic (exact) mass is 318 g/mol. The normalized spacial score (nSPS) is 15.0. The van der Waals surface area contributed by atoms with Crippen LogP contribution in [-0.2, 0) is 0 Å². The molecule has 3 nitrogen and oxygen atoms in total. The number of nitrogens with one attached hydrogen (secondary N) is 1. The number of aromatic nitrogens is 1. The second-order valence-electron chi connectivity index (χ2n) is 6.64. The van der Waals surface area contributed by atoms with Crippen LogP contribution < -0.4 is 10.5 Å². The molecule has 2 aromatic carbocycles. The highest BCUT2D eigenvalue weighted by molar-refractivity contribution is 6.01. The number of hydrogen-bond donors (Lipinski definition) is 1. The zero-order chi connectivity index (χ0) is 16.5. The van der Waals surface area contributed by atoms with Crippen molar-refractivity contribution in [3.05, 3.63) is 64.4 Å². The maximum absolute atomic E-state index is 12.9. The molecule has 0 spiro atoms. The zero-order valence-electron chi connectivity index (χ0n) is 14.0. The van der Waals surface area contributed by atoms with Gasteiger partial charge in [0.15, 0.2) is 0 Å². The van der Waals surface area contributed by atoms with Crippen LogP contribution in [0.1, 0.15) is 24.8 Å². The molecule has 3 aromatic rings. The molecule has 1 fully saturated rings. The van der Waals surface area contributed by atoms with Gasteiger partial charge in [0.2, 0.25) is 0 Å². The van der Waals surface area contributed by atoms with Crippen molar-refractivity contribution in [2.45, 2.75) is 26.2 Å². The molecule has 122 valence electrons. The van der Waals surface area contributed by atoms with Gasteiger partial charge in [0.25, 0.3) is 5.56 Å². The van der Waals surface area contributed by atoms with E-state index in [2.05, 4.69) is 35.0 Å². The first-order valence-corrected chi connectivity index (χ1v) is 8.71. The summed E-state index contributed by atoms with van der Waals surface area (Å²) in [6.45, 7) is 4.01. The standard InChI is InChI=1S/C21H22N2O/c1-15-10-11-18-17(14-15)19(16-8-4-2-5-9-16)20(21(24)22-18)23-12-6-3-7-13-23/h2,4-5,8-11,14H,3,6-7,12-13H2,1H3,(H,22,24). The van der Waals surface area contributed by atoms with Gasteiger partial charge >= 0.3 is 0 Å². The number of anilines is 1. The Bertz CT molecular complexity index is 922. The molecule has 1 aromatic heterocycles. The summed E-state index contributed by atoms with van der Waals surface area (Å²) >= 11 is 0. The second kappa shape index (κ2) is 6.16. The van der Waals surface area contributed by atoms with Crippen molar-refractivity contribution in [2.75, 3.05) is 18.0 Å². The molecule has 4 rings (SSSR count). The van der Waals surface area contributed by atoms with Gasteiger partial charge in [-0.25, -0.2) is 0 Å². The Hall–Kier alpha value is -2.55. The Morgan fingerprint density at radius 3 is 2.46 bits per heavy atom. The predicted molar refractivity (Wildman–Crippen MR) is 101 cm³/mol. The van der Waals surface area contributed by atoms with Crippen molar-refractivity contribution < 1.29 is 0 Å². The van der Waals surface area contributed by atoms with Crippen molar-refractivity contribution in [3.8, 4) is 11.1 Å². The zero-order valence-corrected chi connectivity index (χ0v) is 14.0. The minimum Gasteiger partial charge on any atom is -0.367 e. The molecule has 1 aliphatic heterocycles. The van der Waals surface area contributed by atoms with Gasteiger partial charge in [-0.15, -0.1) is 0 Å². The van der Waals surface area contributed by atoms with Crippen LogP contribution in [0.4, 0.5) is 5.69 Å². The van der Waals surface area contributed by atoms with Crippen LogP contribution in [0.2, 0.25) is 0 Å². The number of aromatic amines is 1. The lowest BCUT2D eigenvalue weighted by Crippen LogP contribution is -2.34. The maximum atomic E-state index is 12.9. The van der Waals surface area contributed by atoms with Crippen molar-refractivity contribution in [3.63, 3.8) is 0 Å². The van der Waals surface area contributed by atoms with Crippen LogP contribution in [0.15, 0.2) is 53.3 Å². The average Bonchev–Trinajstić information content (AvgIpc) is 2.62. The highest BCUT2D eigenvalue weighted by Crippen LogP contribution is 2.35. The topological polar surface area (TPSA) is 36.1 Å². The first-order chi connectivity index (χ1) is 11.7. The number of rotatable bonds is 2. The molecule has 0 bridgehead atoms. The molecule has 24 heavy (non-hydrogen) atoms. The van der Waals surface area contributed by atoms with E-state index in [4.69, 9.17) is 0 Å². The SMILES string of the molecule is Cc1ccc2[nH]c(=O)c(N3CCCCC3)c(-c3ccccc3)c2c1. The summed E-state index contributed by atoms with van der Waals surface area (Å²) in [5.74, 6) is 0. The molecule has 0 amide bonds. The van der Waals surface area contributed by atoms with Gasteiger partial charge in [0.1, 0.15) is 5.69 Å². The van der Waals surface area contributed by atoms with Crippen LogP contribution in [0.25, 0.3) is 22.0 Å². The molecule has 1 N–H and O–H groups in total. The number of benzene rings is 2. The van der Waals surface area contributed by atoms with Crippen molar-refractivity contribution in [2.24, 2.45) is 0 Å². The quantitative estimate of drug-likeness (QED) is 0.755.